The van der Waals surface area contributed by atoms with Crippen LogP contribution in [0, 0.1) is 0 Å². The van der Waals surface area contributed by atoms with Crippen molar-refractivity contribution in [3.05, 3.63) is 6.15 Å². The van der Waals surface area contributed by atoms with Gasteiger partial charge in [-0.3, -0.25) is 0 Å². The molecule has 5 nitrogen and oxygen atoms in total. The van der Waals surface area contributed by atoms with Crippen molar-refractivity contribution in [3.63, 3.8) is 0 Å². The van der Waals surface area contributed by atoms with Crippen molar-refractivity contribution in [1.82, 2.24) is 0 Å². The first-order valence-electron chi connectivity index (χ1n) is 0.698. The molecular formula is H4MoNO4-. The summed E-state index contributed by atoms with van der Waals surface area (Å²) in [6, 6.07) is 0. The molecule has 0 aliphatic rings. The molecule has 0 heterocycles. The molecule has 0 aromatic carbocycles. The van der Waals surface area contributed by atoms with E-state index >= 15 is 0 Å². The second-order valence-corrected chi connectivity index (χ2v) is 2.65. The maximum absolute atomic E-state index is 8.85. The number of nitrogens with two attached hydrogens (primary N) is 1. The number of rotatable bonds is 0. The van der Waals surface area contributed by atoms with Gasteiger partial charge in [0, 0.05) is 0 Å². The zero-order valence-corrected chi connectivity index (χ0v) is 4.70. The van der Waals surface area contributed by atoms with Gasteiger partial charge in [-0.1, -0.05) is 0 Å². The second kappa shape index (κ2) is 2.36. The predicted molar refractivity (Wildman–Crippen MR) is 11.1 cm³/mol. The van der Waals surface area contributed by atoms with Crippen LogP contribution in [0.5, 0.6) is 0 Å². The summed E-state index contributed by atoms with van der Waals surface area (Å²) in [5.41, 5.74) is 0. The molecule has 0 amide bonds. The molecule has 40 valence electrons. The summed E-state index contributed by atoms with van der Waals surface area (Å²) in [4.78, 5) is 0. The van der Waals surface area contributed by atoms with Gasteiger partial charge in [0.1, 0.15) is 0 Å². The third-order valence-electron chi connectivity index (χ3n) is 0. The molecule has 0 aromatic rings. The van der Waals surface area contributed by atoms with E-state index in [0.29, 0.717) is 0 Å². The van der Waals surface area contributed by atoms with E-state index in [1.54, 1.807) is 0 Å². The van der Waals surface area contributed by atoms with Crippen molar-refractivity contribution >= 4 is 0 Å². The Balaban J connectivity index is 0. The zero-order chi connectivity index (χ0) is 4.50. The molecule has 6 heteroatoms. The predicted octanol–water partition coefficient (Wildman–Crippen LogP) is -0.637. The Morgan fingerprint density at radius 1 is 1.17 bits per heavy atom. The molecule has 0 saturated carbocycles. The van der Waals surface area contributed by atoms with Gasteiger partial charge in [0.15, 0.2) is 0 Å². The molecule has 0 rings (SSSR count). The van der Waals surface area contributed by atoms with E-state index in [1.807, 2.05) is 0 Å². The fourth-order valence-electron chi connectivity index (χ4n) is 0. The van der Waals surface area contributed by atoms with Gasteiger partial charge in [-0.15, -0.1) is 0 Å². The molecule has 0 spiro atoms. The fraction of sp³-hybridized carbons (Fsp3) is 0. The van der Waals surface area contributed by atoms with Crippen molar-refractivity contribution in [2.45, 2.75) is 0 Å². The summed E-state index contributed by atoms with van der Waals surface area (Å²) in [7, 11) is 0. The van der Waals surface area contributed by atoms with E-state index in [-0.39, 0.29) is 6.15 Å². The Hall–Kier alpha value is 0.168. The van der Waals surface area contributed by atoms with Crippen LogP contribution in [0.4, 0.5) is 0 Å². The number of hydrogen-bond acceptors (Lipinski definition) is 2. The summed E-state index contributed by atoms with van der Waals surface area (Å²) in [6.07, 6.45) is 0. The van der Waals surface area contributed by atoms with Crippen molar-refractivity contribution < 1.29 is 31.1 Å². The Kier molecular flexibility index (Phi) is 3.73. The summed E-state index contributed by atoms with van der Waals surface area (Å²) in [5, 5.41) is 0. The summed E-state index contributed by atoms with van der Waals surface area (Å²) < 4.78 is 32.0. The third-order valence-corrected chi connectivity index (χ3v) is 0. The van der Waals surface area contributed by atoms with Gasteiger partial charge in [0.25, 0.3) is 0 Å². The standard InChI is InChI=1S/Mo.H2N.2H2O.2O/h;3*1H2;;/q+2;-1;;;;/p-2. The van der Waals surface area contributed by atoms with Crippen LogP contribution in [-0.2, 0) is 23.5 Å². The Morgan fingerprint density at radius 3 is 1.17 bits per heavy atom. The molecule has 0 aliphatic carbocycles. The van der Waals surface area contributed by atoms with Crippen molar-refractivity contribution in [2.24, 2.45) is 0 Å². The maximum atomic E-state index is 8.85. The van der Waals surface area contributed by atoms with Crippen molar-refractivity contribution in [2.75, 3.05) is 0 Å². The molecule has 4 N–H and O–H groups in total. The third kappa shape index (κ3) is 1480. The quantitative estimate of drug-likeness (QED) is 0.481. The first-order valence-corrected chi connectivity index (χ1v) is 4.13. The Morgan fingerprint density at radius 2 is 1.17 bits per heavy atom. The van der Waals surface area contributed by atoms with E-state index in [0.717, 1.165) is 0 Å². The molecule has 6 heavy (non-hydrogen) atoms. The summed E-state index contributed by atoms with van der Waals surface area (Å²) >= 11 is -5.52. The SMILES string of the molecule is [NH2-].[O]=[Mo](=[O])([OH])[OH]. The van der Waals surface area contributed by atoms with Crippen LogP contribution in [0.1, 0.15) is 0 Å². The molecule has 0 atom stereocenters. The molecule has 0 unspecified atom stereocenters. The zero-order valence-electron chi connectivity index (χ0n) is 2.70. The van der Waals surface area contributed by atoms with Crippen molar-refractivity contribution in [3.8, 4) is 0 Å². The van der Waals surface area contributed by atoms with E-state index < -0.39 is 16.7 Å². The van der Waals surface area contributed by atoms with Crippen LogP contribution in [0.2, 0.25) is 0 Å². The normalized spacial score (nSPS) is 9.67. The van der Waals surface area contributed by atoms with Gasteiger partial charge in [0.2, 0.25) is 0 Å². The summed E-state index contributed by atoms with van der Waals surface area (Å²) in [5.74, 6) is 0. The Bertz CT molecular complexity index is 90.7. The molecule has 0 aromatic heterocycles. The summed E-state index contributed by atoms with van der Waals surface area (Å²) in [6.45, 7) is 0. The molecular weight excluding hydrogens is 174 g/mol. The molecule has 0 radical (unpaired) electrons. The van der Waals surface area contributed by atoms with Crippen LogP contribution in [0.3, 0.4) is 0 Å². The van der Waals surface area contributed by atoms with Gasteiger partial charge in [-0.25, -0.2) is 0 Å². The van der Waals surface area contributed by atoms with Gasteiger partial charge in [-0.05, 0) is 0 Å². The Labute approximate surface area is 37.9 Å². The van der Waals surface area contributed by atoms with Crippen LogP contribution in [0.25, 0.3) is 6.15 Å². The second-order valence-electron chi connectivity index (χ2n) is 0.448. The molecule has 0 fully saturated rings. The van der Waals surface area contributed by atoms with Gasteiger partial charge in [0.05, 0.1) is 0 Å². The van der Waals surface area contributed by atoms with Gasteiger partial charge < -0.3 is 6.15 Å². The van der Waals surface area contributed by atoms with Gasteiger partial charge >= 0.3 is 31.1 Å². The average molecular weight is 178 g/mol. The van der Waals surface area contributed by atoms with Crippen LogP contribution >= 0.6 is 0 Å². The monoisotopic (exact) mass is 180 g/mol. The van der Waals surface area contributed by atoms with Gasteiger partial charge in [-0.2, -0.15) is 0 Å². The topological polar surface area (TPSA) is 108 Å². The molecule has 0 aliphatic heterocycles. The van der Waals surface area contributed by atoms with E-state index in [4.69, 9.17) is 14.3 Å². The van der Waals surface area contributed by atoms with E-state index in [9.17, 15) is 0 Å². The van der Waals surface area contributed by atoms with Crippen LogP contribution in [0.15, 0.2) is 0 Å². The fourth-order valence-corrected chi connectivity index (χ4v) is 0. The minimum absolute atomic E-state index is 0. The van der Waals surface area contributed by atoms with E-state index in [1.165, 1.54) is 0 Å². The van der Waals surface area contributed by atoms with E-state index in [2.05, 4.69) is 0 Å². The minimum atomic E-state index is -5.52. The van der Waals surface area contributed by atoms with Crippen molar-refractivity contribution in [1.29, 1.82) is 0 Å². The molecule has 0 saturated heterocycles. The first-order chi connectivity index (χ1) is 2.00. The average Bonchev–Trinajstić information content (AvgIpc) is 0.722. The first kappa shape index (κ1) is 9.48. The van der Waals surface area contributed by atoms with Crippen LogP contribution < -0.4 is 0 Å². The molecule has 0 bridgehead atoms. The number of hydrogen-bond donors (Lipinski definition) is 2. The van der Waals surface area contributed by atoms with Crippen LogP contribution in [-0.4, -0.2) is 7.52 Å².